The molecule has 0 amide bonds. The minimum absolute atomic E-state index is 0. The van der Waals surface area contributed by atoms with Gasteiger partial charge in [0.2, 0.25) is 0 Å². The van der Waals surface area contributed by atoms with Crippen molar-refractivity contribution in [1.82, 2.24) is 0 Å². The Hall–Kier alpha value is -1.61. The minimum Gasteiger partial charge on any atom is -1.00 e. The molecule has 28 heavy (non-hydrogen) atoms. The van der Waals surface area contributed by atoms with Crippen LogP contribution in [0.15, 0.2) is 109 Å². The summed E-state index contributed by atoms with van der Waals surface area (Å²) in [5.74, 6) is 0.455. The second-order valence-corrected chi connectivity index (χ2v) is 5.84. The first kappa shape index (κ1) is 26.4. The second kappa shape index (κ2) is 14.4. The zero-order valence-corrected chi connectivity index (χ0v) is 18.3. The van der Waals surface area contributed by atoms with Gasteiger partial charge in [-0.25, -0.2) is 0 Å². The molecule has 1 aliphatic rings. The standard InChI is InChI=1S/C13H12O.C11H9.2ClH.Ti/c14-13(11-7-3-1-4-8-11)12-9-5-2-6-10-12;1-2-6-10(7-3-1)11-8-4-5-9-11;;;/h1-10,13-14H;1-6,8-9,11H;2*1H;/q;-1;;;+3/p-2. The van der Waals surface area contributed by atoms with Gasteiger partial charge in [0, 0.05) is 0 Å². The molecule has 3 aromatic carbocycles. The van der Waals surface area contributed by atoms with Crippen molar-refractivity contribution in [3.8, 4) is 0 Å². The molecule has 1 N–H and O–H groups in total. The molecule has 0 aliphatic heterocycles. The summed E-state index contributed by atoms with van der Waals surface area (Å²) in [6.07, 6.45) is 7.98. The van der Waals surface area contributed by atoms with Crippen molar-refractivity contribution in [3.63, 3.8) is 0 Å². The Morgan fingerprint density at radius 1 is 0.679 bits per heavy atom. The fourth-order valence-electron chi connectivity index (χ4n) is 2.72. The van der Waals surface area contributed by atoms with Gasteiger partial charge in [-0.1, -0.05) is 85.0 Å². The summed E-state index contributed by atoms with van der Waals surface area (Å²) in [5.41, 5.74) is 3.11. The molecule has 1 radical (unpaired) electrons. The third-order valence-electron chi connectivity index (χ3n) is 4.07. The molecule has 4 rings (SSSR count). The Kier molecular flexibility index (Phi) is 13.6. The van der Waals surface area contributed by atoms with Gasteiger partial charge in [0.1, 0.15) is 6.10 Å². The van der Waals surface area contributed by atoms with Gasteiger partial charge in [-0.2, -0.15) is 35.9 Å². The first-order chi connectivity index (χ1) is 12.3. The molecule has 1 nitrogen and oxygen atoms in total. The largest absolute Gasteiger partial charge is 3.00 e. The third-order valence-corrected chi connectivity index (χ3v) is 4.07. The first-order valence-corrected chi connectivity index (χ1v) is 8.44. The predicted molar refractivity (Wildman–Crippen MR) is 103 cm³/mol. The van der Waals surface area contributed by atoms with Crippen LogP contribution in [0.25, 0.3) is 0 Å². The topological polar surface area (TPSA) is 20.2 Å². The molecule has 0 heterocycles. The van der Waals surface area contributed by atoms with E-state index >= 15 is 0 Å². The SMILES string of the molecule is OC(c1ccccc1)c1ccccc1.[Cl-].[Cl-].[Ti+3].[c-]1ccccc1C1C=CC=C1. The zero-order valence-electron chi connectivity index (χ0n) is 15.3. The van der Waals surface area contributed by atoms with Crippen LogP contribution in [0.3, 0.4) is 0 Å². The maximum atomic E-state index is 9.99. The molecular weight excluding hydrogens is 423 g/mol. The summed E-state index contributed by atoms with van der Waals surface area (Å²) in [4.78, 5) is 0. The zero-order chi connectivity index (χ0) is 17.3. The van der Waals surface area contributed by atoms with Crippen LogP contribution in [0.2, 0.25) is 0 Å². The summed E-state index contributed by atoms with van der Waals surface area (Å²) < 4.78 is 0. The molecule has 0 saturated carbocycles. The molecule has 3 aromatic rings. The maximum Gasteiger partial charge on any atom is 3.00 e. The molecule has 0 bridgehead atoms. The van der Waals surface area contributed by atoms with Gasteiger partial charge < -0.3 is 29.9 Å². The van der Waals surface area contributed by atoms with Crippen molar-refractivity contribution >= 4 is 0 Å². The predicted octanol–water partition coefficient (Wildman–Crippen LogP) is -0.530. The van der Waals surface area contributed by atoms with Gasteiger partial charge in [-0.15, -0.1) is 0 Å². The maximum absolute atomic E-state index is 9.99. The molecule has 0 atom stereocenters. The molecule has 141 valence electrons. The van der Waals surface area contributed by atoms with Crippen molar-refractivity contribution < 1.29 is 51.6 Å². The van der Waals surface area contributed by atoms with Gasteiger partial charge in [0.25, 0.3) is 0 Å². The number of aliphatic hydroxyl groups excluding tert-OH is 1. The van der Waals surface area contributed by atoms with Crippen LogP contribution < -0.4 is 24.8 Å². The number of aliphatic hydroxyl groups is 1. The Morgan fingerprint density at radius 2 is 1.14 bits per heavy atom. The summed E-state index contributed by atoms with van der Waals surface area (Å²) in [5, 5.41) is 9.99. The van der Waals surface area contributed by atoms with Crippen molar-refractivity contribution in [2.45, 2.75) is 12.0 Å². The molecule has 4 heteroatoms. The normalized spacial score (nSPS) is 11.5. The van der Waals surface area contributed by atoms with Crippen molar-refractivity contribution in [1.29, 1.82) is 0 Å². The van der Waals surface area contributed by atoms with E-state index in [2.05, 4.69) is 36.4 Å². The van der Waals surface area contributed by atoms with E-state index in [1.165, 1.54) is 5.56 Å². The van der Waals surface area contributed by atoms with Gasteiger partial charge in [-0.3, -0.25) is 0 Å². The van der Waals surface area contributed by atoms with E-state index in [1.54, 1.807) is 0 Å². The smallest absolute Gasteiger partial charge is 1.00 e. The third kappa shape index (κ3) is 7.79. The van der Waals surface area contributed by atoms with Gasteiger partial charge in [0.05, 0.1) is 0 Å². The number of rotatable bonds is 3. The van der Waals surface area contributed by atoms with Crippen LogP contribution >= 0.6 is 0 Å². The Bertz CT molecular complexity index is 769. The van der Waals surface area contributed by atoms with Crippen LogP contribution in [0.5, 0.6) is 0 Å². The van der Waals surface area contributed by atoms with E-state index in [1.807, 2.05) is 78.9 Å². The van der Waals surface area contributed by atoms with Crippen molar-refractivity contribution in [3.05, 3.63) is 132 Å². The summed E-state index contributed by atoms with van der Waals surface area (Å²) in [6, 6.07) is 30.6. The molecule has 0 saturated heterocycles. The molecule has 0 unspecified atom stereocenters. The van der Waals surface area contributed by atoms with Gasteiger partial charge in [0.15, 0.2) is 0 Å². The monoisotopic (exact) mass is 443 g/mol. The molecular formula is C24H21Cl2OTi. The van der Waals surface area contributed by atoms with Gasteiger partial charge >= 0.3 is 21.7 Å². The number of allylic oxidation sites excluding steroid dienone is 4. The van der Waals surface area contributed by atoms with Crippen molar-refractivity contribution in [2.24, 2.45) is 0 Å². The van der Waals surface area contributed by atoms with Crippen LogP contribution in [-0.2, 0) is 21.7 Å². The fourth-order valence-corrected chi connectivity index (χ4v) is 2.72. The number of benzene rings is 3. The molecule has 0 aromatic heterocycles. The number of hydrogen-bond acceptors (Lipinski definition) is 1. The van der Waals surface area contributed by atoms with E-state index in [0.29, 0.717) is 5.92 Å². The van der Waals surface area contributed by atoms with E-state index in [4.69, 9.17) is 0 Å². The Morgan fingerprint density at radius 3 is 1.57 bits per heavy atom. The second-order valence-electron chi connectivity index (χ2n) is 5.84. The average molecular weight is 444 g/mol. The summed E-state index contributed by atoms with van der Waals surface area (Å²) >= 11 is 0. The van der Waals surface area contributed by atoms with E-state index in [-0.39, 0.29) is 46.5 Å². The van der Waals surface area contributed by atoms with E-state index in [9.17, 15) is 5.11 Å². The van der Waals surface area contributed by atoms with E-state index < -0.39 is 6.10 Å². The molecule has 0 fully saturated rings. The van der Waals surface area contributed by atoms with Crippen LogP contribution in [-0.4, -0.2) is 5.11 Å². The van der Waals surface area contributed by atoms with Gasteiger partial charge in [-0.05, 0) is 17.0 Å². The number of halogens is 2. The summed E-state index contributed by atoms with van der Waals surface area (Å²) in [6.45, 7) is 0. The Balaban J connectivity index is 0.000000480. The first-order valence-electron chi connectivity index (χ1n) is 8.44. The van der Waals surface area contributed by atoms with Crippen molar-refractivity contribution in [2.75, 3.05) is 0 Å². The summed E-state index contributed by atoms with van der Waals surface area (Å²) in [7, 11) is 0. The van der Waals surface area contributed by atoms with Crippen LogP contribution in [0, 0.1) is 6.07 Å². The van der Waals surface area contributed by atoms with Crippen LogP contribution in [0.1, 0.15) is 28.7 Å². The van der Waals surface area contributed by atoms with E-state index in [0.717, 1.165) is 11.1 Å². The Labute approximate surface area is 194 Å². The van der Waals surface area contributed by atoms with Crippen LogP contribution in [0.4, 0.5) is 0 Å². The number of hydrogen-bond donors (Lipinski definition) is 1. The average Bonchev–Trinajstić information content (AvgIpc) is 3.25. The fraction of sp³-hybridized carbons (Fsp3) is 0.0833. The molecule has 1 aliphatic carbocycles. The minimum atomic E-state index is -0.516. The quantitative estimate of drug-likeness (QED) is 0.426. The molecule has 0 spiro atoms.